The summed E-state index contributed by atoms with van der Waals surface area (Å²) in [5.74, 6) is 0.777. The predicted octanol–water partition coefficient (Wildman–Crippen LogP) is 3.52. The Morgan fingerprint density at radius 1 is 1.44 bits per heavy atom. The van der Waals surface area contributed by atoms with Gasteiger partial charge in [-0.2, -0.15) is 11.3 Å². The van der Waals surface area contributed by atoms with Gasteiger partial charge in [-0.05, 0) is 54.6 Å². The van der Waals surface area contributed by atoms with Crippen molar-refractivity contribution in [3.63, 3.8) is 0 Å². The van der Waals surface area contributed by atoms with E-state index in [0.717, 1.165) is 5.92 Å². The van der Waals surface area contributed by atoms with Crippen LogP contribution in [0.4, 0.5) is 0 Å². The lowest BCUT2D eigenvalue weighted by atomic mass is 10.0. The van der Waals surface area contributed by atoms with E-state index in [0.29, 0.717) is 12.1 Å². The first-order valence-corrected chi connectivity index (χ1v) is 8.10. The van der Waals surface area contributed by atoms with Crippen molar-refractivity contribution in [2.45, 2.75) is 45.7 Å². The molecule has 1 saturated heterocycles. The molecular weight excluding hydrogens is 240 g/mol. The van der Waals surface area contributed by atoms with E-state index in [1.54, 1.807) is 11.3 Å². The van der Waals surface area contributed by atoms with Gasteiger partial charge in [0.15, 0.2) is 0 Å². The summed E-state index contributed by atoms with van der Waals surface area (Å²) in [6.45, 7) is 10.6. The standard InChI is InChI=1S/C15H26N2S/c1-12(2)9-15-10-17(7-4-6-16-15)13(3)14-5-8-18-11-14/h5,8,11-13,15-16H,4,6-7,9-10H2,1-3H3. The smallest absolute Gasteiger partial charge is 0.0328 e. The lowest BCUT2D eigenvalue weighted by Crippen LogP contribution is -2.39. The lowest BCUT2D eigenvalue weighted by molar-refractivity contribution is 0.199. The molecule has 0 saturated carbocycles. The van der Waals surface area contributed by atoms with E-state index in [1.807, 2.05) is 0 Å². The van der Waals surface area contributed by atoms with E-state index in [9.17, 15) is 0 Å². The van der Waals surface area contributed by atoms with Gasteiger partial charge in [-0.3, -0.25) is 4.90 Å². The Kier molecular flexibility index (Phi) is 5.22. The largest absolute Gasteiger partial charge is 0.313 e. The number of hydrogen-bond donors (Lipinski definition) is 1. The summed E-state index contributed by atoms with van der Waals surface area (Å²) < 4.78 is 0. The molecule has 0 amide bonds. The molecule has 0 bridgehead atoms. The topological polar surface area (TPSA) is 15.3 Å². The van der Waals surface area contributed by atoms with Crippen LogP contribution >= 0.6 is 11.3 Å². The van der Waals surface area contributed by atoms with E-state index < -0.39 is 0 Å². The lowest BCUT2D eigenvalue weighted by Gasteiger charge is -2.30. The average molecular weight is 266 g/mol. The average Bonchev–Trinajstić information content (AvgIpc) is 2.75. The van der Waals surface area contributed by atoms with E-state index in [4.69, 9.17) is 0 Å². The van der Waals surface area contributed by atoms with Crippen molar-refractivity contribution >= 4 is 11.3 Å². The Morgan fingerprint density at radius 2 is 2.28 bits per heavy atom. The first-order chi connectivity index (χ1) is 8.66. The molecule has 1 aromatic rings. The molecule has 2 rings (SSSR count). The normalized spacial score (nSPS) is 24.1. The Hall–Kier alpha value is -0.380. The summed E-state index contributed by atoms with van der Waals surface area (Å²) in [4.78, 5) is 2.65. The molecule has 2 unspecified atom stereocenters. The van der Waals surface area contributed by atoms with Crippen LogP contribution in [0.15, 0.2) is 16.8 Å². The molecule has 0 aromatic carbocycles. The van der Waals surface area contributed by atoms with Gasteiger partial charge in [0.05, 0.1) is 0 Å². The van der Waals surface area contributed by atoms with Crippen molar-refractivity contribution in [1.29, 1.82) is 0 Å². The van der Waals surface area contributed by atoms with Gasteiger partial charge < -0.3 is 5.32 Å². The van der Waals surface area contributed by atoms with Gasteiger partial charge in [-0.1, -0.05) is 13.8 Å². The number of nitrogens with one attached hydrogen (secondary N) is 1. The van der Waals surface area contributed by atoms with Crippen LogP contribution in [-0.4, -0.2) is 30.6 Å². The first kappa shape index (κ1) is 14.0. The van der Waals surface area contributed by atoms with Gasteiger partial charge in [0.2, 0.25) is 0 Å². The quantitative estimate of drug-likeness (QED) is 0.897. The molecule has 1 N–H and O–H groups in total. The summed E-state index contributed by atoms with van der Waals surface area (Å²) in [5.41, 5.74) is 1.48. The maximum atomic E-state index is 3.70. The first-order valence-electron chi connectivity index (χ1n) is 7.16. The molecule has 2 nitrogen and oxygen atoms in total. The van der Waals surface area contributed by atoms with E-state index in [-0.39, 0.29) is 0 Å². The van der Waals surface area contributed by atoms with Crippen LogP contribution in [0.25, 0.3) is 0 Å². The Bertz CT molecular complexity index is 334. The van der Waals surface area contributed by atoms with Crippen molar-refractivity contribution < 1.29 is 0 Å². The number of hydrogen-bond acceptors (Lipinski definition) is 3. The zero-order valence-electron chi connectivity index (χ0n) is 11.9. The molecule has 18 heavy (non-hydrogen) atoms. The third-order valence-electron chi connectivity index (χ3n) is 3.84. The molecule has 0 aliphatic carbocycles. The highest BCUT2D eigenvalue weighted by Crippen LogP contribution is 2.24. The van der Waals surface area contributed by atoms with Gasteiger partial charge >= 0.3 is 0 Å². The van der Waals surface area contributed by atoms with Crippen LogP contribution in [0.3, 0.4) is 0 Å². The monoisotopic (exact) mass is 266 g/mol. The van der Waals surface area contributed by atoms with Crippen LogP contribution in [0, 0.1) is 5.92 Å². The van der Waals surface area contributed by atoms with Crippen LogP contribution in [0.1, 0.15) is 45.2 Å². The van der Waals surface area contributed by atoms with E-state index >= 15 is 0 Å². The number of thiophene rings is 1. The molecule has 2 heterocycles. The van der Waals surface area contributed by atoms with Crippen molar-refractivity contribution in [2.75, 3.05) is 19.6 Å². The molecule has 3 heteroatoms. The molecule has 0 radical (unpaired) electrons. The van der Waals surface area contributed by atoms with Crippen molar-refractivity contribution in [3.05, 3.63) is 22.4 Å². The van der Waals surface area contributed by atoms with Gasteiger partial charge in [-0.25, -0.2) is 0 Å². The molecule has 1 aliphatic heterocycles. The van der Waals surface area contributed by atoms with Gasteiger partial charge in [0, 0.05) is 25.2 Å². The molecular formula is C15H26N2S. The Balaban J connectivity index is 1.98. The maximum absolute atomic E-state index is 3.70. The second-order valence-electron chi connectivity index (χ2n) is 5.86. The highest BCUT2D eigenvalue weighted by Gasteiger charge is 2.23. The highest BCUT2D eigenvalue weighted by molar-refractivity contribution is 7.07. The Morgan fingerprint density at radius 3 is 2.94 bits per heavy atom. The molecule has 1 fully saturated rings. The third-order valence-corrected chi connectivity index (χ3v) is 4.54. The summed E-state index contributed by atoms with van der Waals surface area (Å²) >= 11 is 1.81. The van der Waals surface area contributed by atoms with Crippen molar-refractivity contribution in [1.82, 2.24) is 10.2 Å². The zero-order chi connectivity index (χ0) is 13.0. The molecule has 1 aliphatic rings. The minimum absolute atomic E-state index is 0.561. The van der Waals surface area contributed by atoms with Crippen LogP contribution in [0.5, 0.6) is 0 Å². The highest BCUT2D eigenvalue weighted by atomic mass is 32.1. The minimum Gasteiger partial charge on any atom is -0.313 e. The fourth-order valence-corrected chi connectivity index (χ4v) is 3.58. The van der Waals surface area contributed by atoms with Gasteiger partial charge in [0.1, 0.15) is 0 Å². The number of rotatable bonds is 4. The second-order valence-corrected chi connectivity index (χ2v) is 6.64. The predicted molar refractivity (Wildman–Crippen MR) is 80.2 cm³/mol. The van der Waals surface area contributed by atoms with Crippen molar-refractivity contribution in [2.24, 2.45) is 5.92 Å². The van der Waals surface area contributed by atoms with E-state index in [1.165, 1.54) is 38.0 Å². The summed E-state index contributed by atoms with van der Waals surface area (Å²) in [6.07, 6.45) is 2.55. The minimum atomic E-state index is 0.561. The van der Waals surface area contributed by atoms with Crippen LogP contribution in [0.2, 0.25) is 0 Å². The fraction of sp³-hybridized carbons (Fsp3) is 0.733. The zero-order valence-corrected chi connectivity index (χ0v) is 12.7. The molecule has 2 atom stereocenters. The molecule has 1 aromatic heterocycles. The molecule has 0 spiro atoms. The van der Waals surface area contributed by atoms with Gasteiger partial charge in [0.25, 0.3) is 0 Å². The number of nitrogens with zero attached hydrogens (tertiary/aromatic N) is 1. The SMILES string of the molecule is CC(C)CC1CN(C(C)c2ccsc2)CCCN1. The molecule has 102 valence electrons. The van der Waals surface area contributed by atoms with E-state index in [2.05, 4.69) is 47.8 Å². The van der Waals surface area contributed by atoms with Crippen LogP contribution in [-0.2, 0) is 0 Å². The van der Waals surface area contributed by atoms with Crippen LogP contribution < -0.4 is 5.32 Å². The third kappa shape index (κ3) is 3.81. The Labute approximate surface area is 115 Å². The summed E-state index contributed by atoms with van der Waals surface area (Å²) in [7, 11) is 0. The summed E-state index contributed by atoms with van der Waals surface area (Å²) in [6, 6.07) is 3.49. The van der Waals surface area contributed by atoms with Crippen molar-refractivity contribution in [3.8, 4) is 0 Å². The fourth-order valence-electron chi connectivity index (χ4n) is 2.83. The second kappa shape index (κ2) is 6.69. The maximum Gasteiger partial charge on any atom is 0.0328 e. The van der Waals surface area contributed by atoms with Gasteiger partial charge in [-0.15, -0.1) is 0 Å². The summed E-state index contributed by atoms with van der Waals surface area (Å²) in [5, 5.41) is 8.18.